The third-order valence-electron chi connectivity index (χ3n) is 3.44. The maximum atomic E-state index is 11.8. The summed E-state index contributed by atoms with van der Waals surface area (Å²) < 4.78 is 4.92. The monoisotopic (exact) mass is 264 g/mol. The van der Waals surface area contributed by atoms with E-state index in [1.54, 1.807) is 6.92 Å². The molecule has 2 fully saturated rings. The molecule has 2 rings (SSSR count). The van der Waals surface area contributed by atoms with E-state index >= 15 is 0 Å². The van der Waals surface area contributed by atoms with E-state index in [0.717, 1.165) is 12.8 Å². The van der Waals surface area contributed by atoms with E-state index in [1.807, 2.05) is 0 Å². The Kier molecular flexibility index (Phi) is 4.12. The first-order chi connectivity index (χ1) is 9.02. The summed E-state index contributed by atoms with van der Waals surface area (Å²) in [5, 5.41) is 2.86. The van der Waals surface area contributed by atoms with E-state index in [2.05, 4.69) is 5.32 Å². The molecule has 6 nitrogen and oxygen atoms in total. The molecule has 0 aromatic heterocycles. The summed E-state index contributed by atoms with van der Waals surface area (Å²) in [6.45, 7) is 2.21. The van der Waals surface area contributed by atoms with Crippen LogP contribution in [0.3, 0.4) is 0 Å². The maximum absolute atomic E-state index is 11.8. The van der Waals surface area contributed by atoms with Gasteiger partial charge in [-0.05, 0) is 19.8 Å². The molecule has 2 aliphatic rings. The number of esters is 1. The van der Waals surface area contributed by atoms with Crippen LogP contribution in [0.5, 0.6) is 0 Å². The van der Waals surface area contributed by atoms with Crippen molar-refractivity contribution in [1.29, 1.82) is 0 Å². The molecule has 0 bridgehead atoms. The second kappa shape index (κ2) is 5.63. The standard InChI is InChI=1S/C12H17BN2O4/c1-2-19-11(17)9-5-8(6-15(9)12(13)18)14-10(16)7-3-4-7/h7-9H,2-6H2,1H3,(H,14,16)/t8-,9+/m1/s1. The number of nitrogens with zero attached hydrogens (tertiary/aromatic N) is 1. The molecule has 19 heavy (non-hydrogen) atoms. The van der Waals surface area contributed by atoms with Crippen molar-refractivity contribution in [2.24, 2.45) is 5.92 Å². The molecule has 2 amide bonds. The first kappa shape index (κ1) is 13.9. The topological polar surface area (TPSA) is 75.7 Å². The van der Waals surface area contributed by atoms with Crippen LogP contribution < -0.4 is 5.32 Å². The fraction of sp³-hybridized carbons (Fsp3) is 0.750. The average Bonchev–Trinajstić information content (AvgIpc) is 3.11. The lowest BCUT2D eigenvalue weighted by molar-refractivity contribution is -0.147. The van der Waals surface area contributed by atoms with Crippen LogP contribution in [0.4, 0.5) is 4.79 Å². The summed E-state index contributed by atoms with van der Waals surface area (Å²) in [5.41, 5.74) is 0. The van der Waals surface area contributed by atoms with Crippen LogP contribution in [0, 0.1) is 5.92 Å². The minimum absolute atomic E-state index is 0.000991. The number of hydrogen-bond acceptors (Lipinski definition) is 4. The number of hydrogen-bond donors (Lipinski definition) is 1. The zero-order valence-electron chi connectivity index (χ0n) is 10.9. The SMILES string of the molecule is [B]C(=O)N1C[C@H](NC(=O)C2CC2)C[C@H]1C(=O)OCC. The van der Waals surface area contributed by atoms with Crippen molar-refractivity contribution in [3.63, 3.8) is 0 Å². The smallest absolute Gasteiger partial charge is 0.328 e. The highest BCUT2D eigenvalue weighted by atomic mass is 16.5. The molecular formula is C12H17BN2O4. The molecule has 1 aliphatic carbocycles. The van der Waals surface area contributed by atoms with E-state index in [4.69, 9.17) is 12.6 Å². The summed E-state index contributed by atoms with van der Waals surface area (Å²) >= 11 is 0. The molecule has 2 radical (unpaired) electrons. The van der Waals surface area contributed by atoms with E-state index in [9.17, 15) is 14.4 Å². The van der Waals surface area contributed by atoms with Crippen LogP contribution in [-0.4, -0.2) is 55.7 Å². The number of carbonyl (C=O) groups excluding carboxylic acids is 3. The Labute approximate surface area is 113 Å². The average molecular weight is 264 g/mol. The number of ether oxygens (including phenoxy) is 1. The Morgan fingerprint density at radius 2 is 2.05 bits per heavy atom. The normalized spacial score (nSPS) is 26.1. The van der Waals surface area contributed by atoms with Crippen molar-refractivity contribution in [3.8, 4) is 0 Å². The Morgan fingerprint density at radius 3 is 2.58 bits per heavy atom. The number of amides is 2. The third-order valence-corrected chi connectivity index (χ3v) is 3.44. The molecule has 0 aromatic carbocycles. The van der Waals surface area contributed by atoms with Gasteiger partial charge in [0, 0.05) is 24.9 Å². The quantitative estimate of drug-likeness (QED) is 0.564. The van der Waals surface area contributed by atoms with Crippen molar-refractivity contribution in [2.45, 2.75) is 38.3 Å². The lowest BCUT2D eigenvalue weighted by Crippen LogP contribution is -2.41. The molecule has 7 heteroatoms. The molecule has 1 aliphatic heterocycles. The zero-order chi connectivity index (χ0) is 14.0. The maximum Gasteiger partial charge on any atom is 0.328 e. The highest BCUT2D eigenvalue weighted by Crippen LogP contribution is 2.29. The van der Waals surface area contributed by atoms with Gasteiger partial charge < -0.3 is 15.0 Å². The Bertz CT molecular complexity index is 397. The fourth-order valence-corrected chi connectivity index (χ4v) is 2.31. The first-order valence-electron chi connectivity index (χ1n) is 6.56. The van der Waals surface area contributed by atoms with Crippen LogP contribution in [-0.2, 0) is 14.3 Å². The molecule has 1 saturated heterocycles. The lowest BCUT2D eigenvalue weighted by Gasteiger charge is -2.21. The Balaban J connectivity index is 1.96. The Hall–Kier alpha value is -1.53. The van der Waals surface area contributed by atoms with Gasteiger partial charge in [0.2, 0.25) is 13.8 Å². The second-order valence-corrected chi connectivity index (χ2v) is 4.97. The molecule has 0 unspecified atom stereocenters. The highest BCUT2D eigenvalue weighted by Gasteiger charge is 2.41. The number of carbonyl (C=O) groups is 3. The molecular weight excluding hydrogens is 247 g/mol. The molecule has 102 valence electrons. The van der Waals surface area contributed by atoms with Crippen molar-refractivity contribution in [1.82, 2.24) is 10.2 Å². The summed E-state index contributed by atoms with van der Waals surface area (Å²) in [7, 11) is 5.25. The molecule has 0 spiro atoms. The van der Waals surface area contributed by atoms with Gasteiger partial charge in [0.25, 0.3) is 0 Å². The minimum atomic E-state index is -0.693. The Morgan fingerprint density at radius 1 is 1.37 bits per heavy atom. The van der Waals surface area contributed by atoms with Gasteiger partial charge in [-0.2, -0.15) is 0 Å². The number of nitrogens with one attached hydrogen (secondary N) is 1. The number of rotatable bonds is 4. The van der Waals surface area contributed by atoms with Crippen LogP contribution in [0.1, 0.15) is 26.2 Å². The van der Waals surface area contributed by atoms with Crippen molar-refractivity contribution in [2.75, 3.05) is 13.2 Å². The third kappa shape index (κ3) is 3.27. The zero-order valence-corrected chi connectivity index (χ0v) is 10.9. The van der Waals surface area contributed by atoms with Crippen molar-refractivity contribution >= 4 is 25.5 Å². The molecule has 1 heterocycles. The van der Waals surface area contributed by atoms with Gasteiger partial charge in [-0.15, -0.1) is 0 Å². The summed E-state index contributed by atoms with van der Waals surface area (Å²) in [5.74, 6) is -1.03. The molecule has 1 N–H and O–H groups in total. The predicted molar refractivity (Wildman–Crippen MR) is 67.5 cm³/mol. The minimum Gasteiger partial charge on any atom is -0.464 e. The van der Waals surface area contributed by atoms with Crippen LogP contribution >= 0.6 is 0 Å². The molecule has 2 atom stereocenters. The van der Waals surface area contributed by atoms with Gasteiger partial charge in [0.1, 0.15) is 6.04 Å². The van der Waals surface area contributed by atoms with Gasteiger partial charge >= 0.3 is 5.97 Å². The molecule has 0 aromatic rings. The van der Waals surface area contributed by atoms with Crippen molar-refractivity contribution in [3.05, 3.63) is 0 Å². The fourth-order valence-electron chi connectivity index (χ4n) is 2.31. The van der Waals surface area contributed by atoms with Crippen molar-refractivity contribution < 1.29 is 19.1 Å². The van der Waals surface area contributed by atoms with E-state index in [0.29, 0.717) is 6.42 Å². The summed E-state index contributed by atoms with van der Waals surface area (Å²) in [6, 6.07) is -0.919. The van der Waals surface area contributed by atoms with Crippen LogP contribution in [0.2, 0.25) is 0 Å². The lowest BCUT2D eigenvalue weighted by atomic mass is 10.1. The van der Waals surface area contributed by atoms with E-state index < -0.39 is 17.8 Å². The summed E-state index contributed by atoms with van der Waals surface area (Å²) in [6.07, 6.45) is 2.19. The van der Waals surface area contributed by atoms with Gasteiger partial charge in [-0.3, -0.25) is 9.59 Å². The van der Waals surface area contributed by atoms with Crippen LogP contribution in [0.15, 0.2) is 0 Å². The van der Waals surface area contributed by atoms with Gasteiger partial charge in [0.15, 0.2) is 5.81 Å². The largest absolute Gasteiger partial charge is 0.464 e. The first-order valence-corrected chi connectivity index (χ1v) is 6.56. The van der Waals surface area contributed by atoms with E-state index in [1.165, 1.54) is 4.90 Å². The number of likely N-dealkylation sites (tertiary alicyclic amines) is 1. The van der Waals surface area contributed by atoms with E-state index in [-0.39, 0.29) is 31.0 Å². The van der Waals surface area contributed by atoms with Gasteiger partial charge in [0.05, 0.1) is 6.61 Å². The highest BCUT2D eigenvalue weighted by molar-refractivity contribution is 6.57. The summed E-state index contributed by atoms with van der Waals surface area (Å²) in [4.78, 5) is 36.0. The van der Waals surface area contributed by atoms with Crippen LogP contribution in [0.25, 0.3) is 0 Å². The van der Waals surface area contributed by atoms with Gasteiger partial charge in [-0.1, -0.05) is 0 Å². The molecule has 1 saturated carbocycles. The van der Waals surface area contributed by atoms with Gasteiger partial charge in [-0.25, -0.2) is 4.79 Å². The predicted octanol–water partition coefficient (Wildman–Crippen LogP) is -0.193. The second-order valence-electron chi connectivity index (χ2n) is 4.97.